The van der Waals surface area contributed by atoms with Gasteiger partial charge in [-0.1, -0.05) is 29.3 Å². The molecule has 1 aromatic rings. The molecule has 1 aromatic carbocycles. The number of carbonyl (C=O) groups excluding carboxylic acids is 1. The molecule has 0 bridgehead atoms. The summed E-state index contributed by atoms with van der Waals surface area (Å²) in [5.74, 6) is 0. The summed E-state index contributed by atoms with van der Waals surface area (Å²) in [5, 5.41) is 7.36. The van der Waals surface area contributed by atoms with Gasteiger partial charge in [0.1, 0.15) is 5.60 Å². The zero-order chi connectivity index (χ0) is 16.9. The van der Waals surface area contributed by atoms with Crippen molar-refractivity contribution in [3.63, 3.8) is 0 Å². The minimum atomic E-state index is -0.499. The quantitative estimate of drug-likeness (QED) is 0.821. The highest BCUT2D eigenvalue weighted by atomic mass is 35.5. The van der Waals surface area contributed by atoms with E-state index in [1.54, 1.807) is 6.07 Å². The first-order valence-corrected chi connectivity index (χ1v) is 8.02. The molecule has 0 heterocycles. The third-order valence-corrected chi connectivity index (χ3v) is 3.48. The van der Waals surface area contributed by atoms with Gasteiger partial charge in [-0.25, -0.2) is 4.79 Å². The summed E-state index contributed by atoms with van der Waals surface area (Å²) in [7, 11) is 0. The molecule has 2 atom stereocenters. The number of alkyl carbamates (subject to hydrolysis) is 1. The molecule has 0 radical (unpaired) electrons. The van der Waals surface area contributed by atoms with Gasteiger partial charge in [-0.15, -0.1) is 0 Å². The first-order valence-electron chi connectivity index (χ1n) is 7.26. The van der Waals surface area contributed by atoms with Crippen LogP contribution >= 0.6 is 23.2 Å². The lowest BCUT2D eigenvalue weighted by atomic mass is 10.1. The molecule has 1 rings (SSSR count). The topological polar surface area (TPSA) is 50.4 Å². The van der Waals surface area contributed by atoms with E-state index in [4.69, 9.17) is 27.9 Å². The number of carbonyl (C=O) groups is 1. The lowest BCUT2D eigenvalue weighted by molar-refractivity contribution is 0.0507. The predicted octanol–water partition coefficient (Wildman–Crippen LogP) is 4.56. The Morgan fingerprint density at radius 1 is 1.27 bits per heavy atom. The highest BCUT2D eigenvalue weighted by molar-refractivity contribution is 6.35. The molecular weight excluding hydrogens is 323 g/mol. The van der Waals surface area contributed by atoms with Crippen molar-refractivity contribution in [2.45, 2.75) is 52.3 Å². The normalized spacial score (nSPS) is 14.3. The third-order valence-electron chi connectivity index (χ3n) is 2.92. The predicted molar refractivity (Wildman–Crippen MR) is 91.7 cm³/mol. The molecule has 0 saturated heterocycles. The SMILES string of the molecule is CC(CNC(C)c1ccc(Cl)cc1Cl)NC(=O)OC(C)(C)C. The molecule has 1 amide bonds. The van der Waals surface area contributed by atoms with E-state index >= 15 is 0 Å². The van der Waals surface area contributed by atoms with E-state index < -0.39 is 11.7 Å². The Labute approximate surface area is 142 Å². The summed E-state index contributed by atoms with van der Waals surface area (Å²) < 4.78 is 5.22. The van der Waals surface area contributed by atoms with Gasteiger partial charge in [-0.05, 0) is 52.3 Å². The molecule has 2 unspecified atom stereocenters. The summed E-state index contributed by atoms with van der Waals surface area (Å²) in [6.07, 6.45) is -0.418. The van der Waals surface area contributed by atoms with E-state index in [0.29, 0.717) is 16.6 Å². The average molecular weight is 347 g/mol. The van der Waals surface area contributed by atoms with E-state index in [2.05, 4.69) is 10.6 Å². The van der Waals surface area contributed by atoms with Gasteiger partial charge < -0.3 is 15.4 Å². The fraction of sp³-hybridized carbons (Fsp3) is 0.562. The molecule has 4 nitrogen and oxygen atoms in total. The molecule has 0 saturated carbocycles. The Morgan fingerprint density at radius 2 is 1.91 bits per heavy atom. The summed E-state index contributed by atoms with van der Waals surface area (Å²) in [6.45, 7) is 10.0. The Balaban J connectivity index is 2.46. The van der Waals surface area contributed by atoms with Crippen LogP contribution in [-0.2, 0) is 4.74 Å². The van der Waals surface area contributed by atoms with Gasteiger partial charge in [0.15, 0.2) is 0 Å². The van der Waals surface area contributed by atoms with Crippen molar-refractivity contribution >= 4 is 29.3 Å². The number of amides is 1. The second-order valence-electron chi connectivity index (χ2n) is 6.34. The standard InChI is InChI=1S/C16H24Cl2N2O2/c1-10(20-15(21)22-16(3,4)5)9-19-11(2)13-7-6-12(17)8-14(13)18/h6-8,10-11,19H,9H2,1-5H3,(H,20,21). The van der Waals surface area contributed by atoms with Crippen LogP contribution in [0.5, 0.6) is 0 Å². The van der Waals surface area contributed by atoms with Crippen LogP contribution in [0.25, 0.3) is 0 Å². The molecule has 22 heavy (non-hydrogen) atoms. The van der Waals surface area contributed by atoms with E-state index in [-0.39, 0.29) is 12.1 Å². The van der Waals surface area contributed by atoms with Crippen LogP contribution in [0, 0.1) is 0 Å². The summed E-state index contributed by atoms with van der Waals surface area (Å²) in [5.41, 5.74) is 0.469. The highest BCUT2D eigenvalue weighted by Gasteiger charge is 2.18. The van der Waals surface area contributed by atoms with Crippen LogP contribution in [0.15, 0.2) is 18.2 Å². The summed E-state index contributed by atoms with van der Waals surface area (Å²) in [6, 6.07) is 5.41. The summed E-state index contributed by atoms with van der Waals surface area (Å²) in [4.78, 5) is 11.7. The van der Waals surface area contributed by atoms with Gasteiger partial charge in [0, 0.05) is 28.7 Å². The van der Waals surface area contributed by atoms with Crippen molar-refractivity contribution in [1.29, 1.82) is 0 Å². The number of rotatable bonds is 5. The number of halogens is 2. The van der Waals surface area contributed by atoms with Gasteiger partial charge >= 0.3 is 6.09 Å². The van der Waals surface area contributed by atoms with Crippen molar-refractivity contribution in [3.05, 3.63) is 33.8 Å². The summed E-state index contributed by atoms with van der Waals surface area (Å²) >= 11 is 12.1. The van der Waals surface area contributed by atoms with Crippen molar-refractivity contribution in [2.75, 3.05) is 6.54 Å². The van der Waals surface area contributed by atoms with E-state index in [0.717, 1.165) is 5.56 Å². The smallest absolute Gasteiger partial charge is 0.407 e. The van der Waals surface area contributed by atoms with E-state index in [1.165, 1.54) is 0 Å². The molecule has 0 aliphatic rings. The maximum Gasteiger partial charge on any atom is 0.407 e. The first-order chi connectivity index (χ1) is 10.1. The number of hydrogen-bond donors (Lipinski definition) is 2. The van der Waals surface area contributed by atoms with Crippen LogP contribution < -0.4 is 10.6 Å². The zero-order valence-electron chi connectivity index (χ0n) is 13.7. The van der Waals surface area contributed by atoms with E-state index in [1.807, 2.05) is 46.8 Å². The van der Waals surface area contributed by atoms with Gasteiger partial charge in [0.05, 0.1) is 0 Å². The Bertz CT molecular complexity index is 515. The highest BCUT2D eigenvalue weighted by Crippen LogP contribution is 2.25. The maximum absolute atomic E-state index is 11.7. The molecule has 2 N–H and O–H groups in total. The molecular formula is C16H24Cl2N2O2. The molecule has 124 valence electrons. The van der Waals surface area contributed by atoms with E-state index in [9.17, 15) is 4.79 Å². The fourth-order valence-corrected chi connectivity index (χ4v) is 2.45. The van der Waals surface area contributed by atoms with Crippen molar-refractivity contribution in [2.24, 2.45) is 0 Å². The molecule has 0 spiro atoms. The van der Waals surface area contributed by atoms with Crippen LogP contribution in [0.4, 0.5) is 4.79 Å². The Morgan fingerprint density at radius 3 is 2.45 bits per heavy atom. The minimum Gasteiger partial charge on any atom is -0.444 e. The van der Waals surface area contributed by atoms with Gasteiger partial charge in [0.2, 0.25) is 0 Å². The molecule has 0 aliphatic heterocycles. The fourth-order valence-electron chi connectivity index (χ4n) is 1.88. The molecule has 0 aromatic heterocycles. The van der Waals surface area contributed by atoms with Crippen LogP contribution in [0.3, 0.4) is 0 Å². The lowest BCUT2D eigenvalue weighted by Gasteiger charge is -2.23. The van der Waals surface area contributed by atoms with Crippen molar-refractivity contribution in [1.82, 2.24) is 10.6 Å². The molecule has 0 aliphatic carbocycles. The minimum absolute atomic E-state index is 0.0488. The lowest BCUT2D eigenvalue weighted by Crippen LogP contribution is -2.43. The Hall–Kier alpha value is -0.970. The maximum atomic E-state index is 11.7. The number of nitrogens with one attached hydrogen (secondary N) is 2. The molecule has 0 fully saturated rings. The largest absolute Gasteiger partial charge is 0.444 e. The van der Waals surface area contributed by atoms with Gasteiger partial charge in [0.25, 0.3) is 0 Å². The third kappa shape index (κ3) is 6.86. The molecule has 6 heteroatoms. The Kier molecular flexibility index (Phi) is 6.98. The first kappa shape index (κ1) is 19.1. The van der Waals surface area contributed by atoms with Crippen molar-refractivity contribution < 1.29 is 9.53 Å². The van der Waals surface area contributed by atoms with Crippen LogP contribution in [0.1, 0.15) is 46.2 Å². The second-order valence-corrected chi connectivity index (χ2v) is 7.19. The van der Waals surface area contributed by atoms with Crippen LogP contribution in [0.2, 0.25) is 10.0 Å². The monoisotopic (exact) mass is 346 g/mol. The van der Waals surface area contributed by atoms with Gasteiger partial charge in [-0.3, -0.25) is 0 Å². The van der Waals surface area contributed by atoms with Gasteiger partial charge in [-0.2, -0.15) is 0 Å². The number of ether oxygens (including phenoxy) is 1. The number of hydrogen-bond acceptors (Lipinski definition) is 3. The van der Waals surface area contributed by atoms with Crippen LogP contribution in [-0.4, -0.2) is 24.3 Å². The number of benzene rings is 1. The zero-order valence-corrected chi connectivity index (χ0v) is 15.2. The average Bonchev–Trinajstić information content (AvgIpc) is 2.33. The second kappa shape index (κ2) is 8.04. The van der Waals surface area contributed by atoms with Crippen molar-refractivity contribution in [3.8, 4) is 0 Å².